The number of ether oxygens (including phenoxy) is 2. The van der Waals surface area contributed by atoms with E-state index >= 15 is 4.39 Å². The highest BCUT2D eigenvalue weighted by molar-refractivity contribution is 8.15. The Labute approximate surface area is 293 Å². The lowest BCUT2D eigenvalue weighted by Crippen LogP contribution is -2.31. The van der Waals surface area contributed by atoms with Gasteiger partial charge in [-0.1, -0.05) is 48.2 Å². The van der Waals surface area contributed by atoms with Gasteiger partial charge >= 0.3 is 18.6 Å². The van der Waals surface area contributed by atoms with E-state index in [1.165, 1.54) is 41.3 Å². The summed E-state index contributed by atoms with van der Waals surface area (Å²) in [5, 5.41) is 6.25. The molecule has 1 aromatic heterocycles. The largest absolute Gasteiger partial charge is 0.573 e. The van der Waals surface area contributed by atoms with Crippen LogP contribution < -0.4 is 15.0 Å². The van der Waals surface area contributed by atoms with E-state index in [1.54, 1.807) is 12.1 Å². The van der Waals surface area contributed by atoms with Crippen molar-refractivity contribution in [2.75, 3.05) is 16.0 Å². The molecule has 1 saturated heterocycles. The minimum Gasteiger partial charge on any atom is -0.406 e. The Morgan fingerprint density at radius 2 is 1.67 bits per heavy atom. The molecule has 1 aliphatic rings. The molecule has 0 unspecified atom stereocenters. The molecule has 2 heterocycles. The second-order valence-electron chi connectivity index (χ2n) is 10.9. The summed E-state index contributed by atoms with van der Waals surface area (Å²) in [6.45, 7) is -0.0161. The van der Waals surface area contributed by atoms with Crippen LogP contribution in [0.4, 0.5) is 46.9 Å². The highest BCUT2D eigenvalue weighted by atomic mass is 32.2. The smallest absolute Gasteiger partial charge is 0.406 e. The number of amidine groups is 1. The van der Waals surface area contributed by atoms with Crippen LogP contribution in [0.15, 0.2) is 102 Å². The number of carbonyl (C=O) groups is 2. The van der Waals surface area contributed by atoms with Crippen molar-refractivity contribution >= 4 is 40.2 Å². The van der Waals surface area contributed by atoms with Crippen LogP contribution in [-0.2, 0) is 28.9 Å². The molecule has 0 spiro atoms. The third-order valence-electron chi connectivity index (χ3n) is 7.28. The zero-order valence-corrected chi connectivity index (χ0v) is 27.1. The van der Waals surface area contributed by atoms with Crippen molar-refractivity contribution in [1.29, 1.82) is 0 Å². The number of hydrogen-bond acceptors (Lipinski definition) is 7. The lowest BCUT2D eigenvalue weighted by atomic mass is 10.1. The number of aromatic nitrogens is 3. The highest BCUT2D eigenvalue weighted by Crippen LogP contribution is 2.37. The molecule has 1 N–H and O–H groups in total. The normalized spacial score (nSPS) is 14.2. The number of carbonyl (C=O) groups excluding carboxylic acids is 2. The maximum absolute atomic E-state index is 15.2. The van der Waals surface area contributed by atoms with Crippen LogP contribution in [0, 0.1) is 5.82 Å². The first-order valence-electron chi connectivity index (χ1n) is 15.0. The maximum atomic E-state index is 15.2. The number of rotatable bonds is 9. The Hall–Kier alpha value is -5.75. The molecule has 18 heteroatoms. The summed E-state index contributed by atoms with van der Waals surface area (Å²) in [4.78, 5) is 34.8. The van der Waals surface area contributed by atoms with Crippen LogP contribution in [0.5, 0.6) is 5.75 Å². The number of benzene rings is 4. The third-order valence-corrected chi connectivity index (χ3v) is 8.20. The minimum absolute atomic E-state index is 0.0498. The van der Waals surface area contributed by atoms with Gasteiger partial charge in [0.15, 0.2) is 11.0 Å². The molecule has 0 aliphatic carbocycles. The standard InChI is InChI=1S/C34H23F7N6O4S/c35-26-14-21(30-42-19-46(45-30)24-9-11-25(12-10-24)51-34(39,40)41)7-13-27(26)43-31(49)44-32-47(29(48)18-52-32)28-15-23(33(36,37)38)8-6-22(28)17-50-16-20-4-2-1-3-5-20/h1-15,19H,16-18H2,(H,43,49). The average molecular weight is 745 g/mol. The second kappa shape index (κ2) is 14.8. The van der Waals surface area contributed by atoms with E-state index in [-0.39, 0.29) is 52.5 Å². The Morgan fingerprint density at radius 3 is 2.37 bits per heavy atom. The zero-order valence-electron chi connectivity index (χ0n) is 26.3. The Bertz CT molecular complexity index is 2120. The molecule has 52 heavy (non-hydrogen) atoms. The van der Waals surface area contributed by atoms with Gasteiger partial charge in [0.1, 0.15) is 17.9 Å². The molecule has 0 radical (unpaired) electrons. The Morgan fingerprint density at radius 1 is 0.923 bits per heavy atom. The fourth-order valence-corrected chi connectivity index (χ4v) is 5.77. The molecule has 10 nitrogen and oxygen atoms in total. The van der Waals surface area contributed by atoms with Gasteiger partial charge in [0.2, 0.25) is 5.91 Å². The topological polar surface area (TPSA) is 111 Å². The maximum Gasteiger partial charge on any atom is 0.573 e. The second-order valence-corrected chi connectivity index (χ2v) is 11.9. The molecule has 268 valence electrons. The van der Waals surface area contributed by atoms with Gasteiger partial charge in [0.25, 0.3) is 0 Å². The molecule has 1 fully saturated rings. The Kier molecular flexibility index (Phi) is 10.3. The van der Waals surface area contributed by atoms with Crippen molar-refractivity contribution in [1.82, 2.24) is 14.8 Å². The van der Waals surface area contributed by atoms with E-state index in [4.69, 9.17) is 4.74 Å². The number of urea groups is 1. The molecule has 5 aromatic rings. The van der Waals surface area contributed by atoms with Gasteiger partial charge in [-0.25, -0.2) is 18.9 Å². The number of amides is 3. The summed E-state index contributed by atoms with van der Waals surface area (Å²) < 4.78 is 104. The monoisotopic (exact) mass is 744 g/mol. The van der Waals surface area contributed by atoms with Gasteiger partial charge in [0, 0.05) is 11.1 Å². The number of alkyl halides is 6. The predicted molar refractivity (Wildman–Crippen MR) is 176 cm³/mol. The van der Waals surface area contributed by atoms with Crippen LogP contribution in [0.3, 0.4) is 0 Å². The number of hydrogen-bond donors (Lipinski definition) is 1. The van der Waals surface area contributed by atoms with E-state index < -0.39 is 41.6 Å². The molecule has 1 aliphatic heterocycles. The average Bonchev–Trinajstić information content (AvgIpc) is 3.72. The lowest BCUT2D eigenvalue weighted by Gasteiger charge is -2.21. The third kappa shape index (κ3) is 8.75. The fourth-order valence-electron chi connectivity index (χ4n) is 4.91. The quantitative estimate of drug-likeness (QED) is 0.151. The zero-order chi connectivity index (χ0) is 37.0. The van der Waals surface area contributed by atoms with Crippen molar-refractivity contribution in [3.63, 3.8) is 0 Å². The van der Waals surface area contributed by atoms with Gasteiger partial charge in [0.05, 0.1) is 41.6 Å². The van der Waals surface area contributed by atoms with E-state index in [1.807, 2.05) is 18.2 Å². The molecular formula is C34H23F7N6O4S. The minimum atomic E-state index is -4.85. The summed E-state index contributed by atoms with van der Waals surface area (Å²) in [5.74, 6) is -2.15. The van der Waals surface area contributed by atoms with E-state index in [2.05, 4.69) is 25.1 Å². The van der Waals surface area contributed by atoms with Crippen molar-refractivity contribution < 1.29 is 49.8 Å². The number of nitrogens with zero attached hydrogens (tertiary/aromatic N) is 5. The first-order valence-corrected chi connectivity index (χ1v) is 16.0. The first-order chi connectivity index (χ1) is 24.7. The fraction of sp³-hybridized carbons (Fsp3) is 0.147. The summed E-state index contributed by atoms with van der Waals surface area (Å²) in [5.41, 5.74) is 0.0697. The molecule has 0 atom stereocenters. The predicted octanol–water partition coefficient (Wildman–Crippen LogP) is 8.38. The lowest BCUT2D eigenvalue weighted by molar-refractivity contribution is -0.274. The van der Waals surface area contributed by atoms with Crippen molar-refractivity contribution in [3.8, 4) is 22.8 Å². The van der Waals surface area contributed by atoms with Gasteiger partial charge in [-0.15, -0.1) is 18.3 Å². The van der Waals surface area contributed by atoms with Crippen LogP contribution in [0.2, 0.25) is 0 Å². The SMILES string of the molecule is O=C(N=C1SCC(=O)N1c1cc(C(F)(F)F)ccc1COCc1ccccc1)Nc1ccc(-c2ncn(-c3ccc(OC(F)(F)F)cc3)n2)cc1F. The van der Waals surface area contributed by atoms with Crippen molar-refractivity contribution in [2.45, 2.75) is 25.8 Å². The van der Waals surface area contributed by atoms with Crippen LogP contribution in [-0.4, -0.2) is 44.0 Å². The van der Waals surface area contributed by atoms with Crippen molar-refractivity contribution in [2.24, 2.45) is 4.99 Å². The molecular weight excluding hydrogens is 721 g/mol. The molecule has 4 aromatic carbocycles. The summed E-state index contributed by atoms with van der Waals surface area (Å²) in [6, 6.07) is 19.2. The van der Waals surface area contributed by atoms with E-state index in [0.717, 1.165) is 52.6 Å². The number of anilines is 2. The summed E-state index contributed by atoms with van der Waals surface area (Å²) in [7, 11) is 0. The van der Waals surface area contributed by atoms with Gasteiger partial charge in [-0.2, -0.15) is 18.2 Å². The van der Waals surface area contributed by atoms with Crippen molar-refractivity contribution in [3.05, 3.63) is 120 Å². The highest BCUT2D eigenvalue weighted by Gasteiger charge is 2.36. The first kappa shape index (κ1) is 36.1. The molecule has 0 saturated carbocycles. The van der Waals surface area contributed by atoms with Gasteiger partial charge in [-0.3, -0.25) is 9.69 Å². The van der Waals surface area contributed by atoms with E-state index in [0.29, 0.717) is 5.69 Å². The number of halogens is 7. The number of nitrogens with one attached hydrogen (secondary N) is 1. The van der Waals surface area contributed by atoms with E-state index in [9.17, 15) is 35.9 Å². The van der Waals surface area contributed by atoms with Crippen LogP contribution >= 0.6 is 11.8 Å². The van der Waals surface area contributed by atoms with Crippen LogP contribution in [0.1, 0.15) is 16.7 Å². The summed E-state index contributed by atoms with van der Waals surface area (Å²) in [6.07, 6.45) is -8.33. The Balaban J connectivity index is 1.17. The number of thioether (sulfide) groups is 1. The molecule has 6 rings (SSSR count). The van der Waals surface area contributed by atoms with Gasteiger partial charge < -0.3 is 14.8 Å². The number of aliphatic imine (C=N–C) groups is 1. The van der Waals surface area contributed by atoms with Crippen LogP contribution in [0.25, 0.3) is 17.1 Å². The molecule has 3 amide bonds. The molecule has 0 bridgehead atoms. The summed E-state index contributed by atoms with van der Waals surface area (Å²) >= 11 is 0.816. The van der Waals surface area contributed by atoms with Gasteiger partial charge in [-0.05, 0) is 60.2 Å².